The van der Waals surface area contributed by atoms with Crippen LogP contribution in [0, 0.1) is 13.8 Å². The highest BCUT2D eigenvalue weighted by atomic mass is 35.5. The van der Waals surface area contributed by atoms with Crippen LogP contribution in [0.3, 0.4) is 0 Å². The summed E-state index contributed by atoms with van der Waals surface area (Å²) in [6, 6.07) is 15.9. The van der Waals surface area contributed by atoms with Crippen LogP contribution in [-0.4, -0.2) is 10.1 Å². The number of nitrogens with one attached hydrogen (secondary N) is 1. The molecule has 4 nitrogen and oxygen atoms in total. The van der Waals surface area contributed by atoms with E-state index in [-0.39, 0.29) is 17.4 Å². The molecule has 0 aliphatic rings. The zero-order valence-corrected chi connectivity index (χ0v) is 16.0. The summed E-state index contributed by atoms with van der Waals surface area (Å²) in [5, 5.41) is 3.41. The molecule has 0 spiro atoms. The highest BCUT2D eigenvalue weighted by Gasteiger charge is 2.14. The molecular weight excluding hydrogens is 370 g/mol. The van der Waals surface area contributed by atoms with Gasteiger partial charge in [-0.05, 0) is 73.5 Å². The second kappa shape index (κ2) is 7.89. The number of carbonyl (C=O) groups excluding carboxylic acids is 1. The number of anilines is 1. The Morgan fingerprint density at radius 3 is 2.35 bits per heavy atom. The first-order chi connectivity index (χ1) is 12.4. The molecule has 1 heterocycles. The van der Waals surface area contributed by atoms with Crippen molar-refractivity contribution >= 4 is 34.0 Å². The molecule has 3 rings (SSSR count). The summed E-state index contributed by atoms with van der Waals surface area (Å²) in [6.07, 6.45) is 0. The van der Waals surface area contributed by atoms with Crippen LogP contribution in [-0.2, 0) is 16.6 Å². The van der Waals surface area contributed by atoms with Gasteiger partial charge in [-0.1, -0.05) is 17.7 Å². The molecule has 1 amide bonds. The molecule has 2 aromatic carbocycles. The maximum Gasteiger partial charge on any atom is 0.291 e. The fourth-order valence-electron chi connectivity index (χ4n) is 2.62. The molecule has 0 bridgehead atoms. The van der Waals surface area contributed by atoms with Gasteiger partial charge < -0.3 is 9.73 Å². The van der Waals surface area contributed by atoms with E-state index in [1.165, 1.54) is 0 Å². The summed E-state index contributed by atoms with van der Waals surface area (Å²) < 4.78 is 17.9. The zero-order valence-electron chi connectivity index (χ0n) is 14.4. The lowest BCUT2D eigenvalue weighted by Gasteiger charge is -2.06. The van der Waals surface area contributed by atoms with Crippen molar-refractivity contribution in [2.24, 2.45) is 0 Å². The van der Waals surface area contributed by atoms with Gasteiger partial charge in [0.15, 0.2) is 5.76 Å². The predicted molar refractivity (Wildman–Crippen MR) is 104 cm³/mol. The van der Waals surface area contributed by atoms with Crippen LogP contribution in [0.4, 0.5) is 5.69 Å². The standard InChI is InChI=1S/C20H18ClNO3S/c1-13-9-14(2)11-16(10-13)22-20(23)19-8-5-17(25-19)12-26(24)18-6-3-15(21)4-7-18/h3-11H,12H2,1-2H3,(H,22,23)/t26-/m0/s1. The average Bonchev–Trinajstić information content (AvgIpc) is 3.03. The lowest BCUT2D eigenvalue weighted by atomic mass is 10.1. The van der Waals surface area contributed by atoms with Gasteiger partial charge in [0.05, 0.1) is 16.6 Å². The maximum absolute atomic E-state index is 12.4. The van der Waals surface area contributed by atoms with Crippen LogP contribution >= 0.6 is 11.6 Å². The smallest absolute Gasteiger partial charge is 0.291 e. The van der Waals surface area contributed by atoms with Crippen LogP contribution in [0.2, 0.25) is 5.02 Å². The van der Waals surface area contributed by atoms with E-state index in [0.717, 1.165) is 16.8 Å². The van der Waals surface area contributed by atoms with E-state index in [4.69, 9.17) is 16.0 Å². The number of rotatable bonds is 5. The fourth-order valence-corrected chi connectivity index (χ4v) is 3.76. The van der Waals surface area contributed by atoms with Gasteiger partial charge in [-0.25, -0.2) is 0 Å². The number of furan rings is 1. The van der Waals surface area contributed by atoms with Gasteiger partial charge in [-0.3, -0.25) is 9.00 Å². The summed E-state index contributed by atoms with van der Waals surface area (Å²) in [5.74, 6) is 0.535. The summed E-state index contributed by atoms with van der Waals surface area (Å²) in [6.45, 7) is 3.94. The molecule has 6 heteroatoms. The molecule has 1 atom stereocenters. The van der Waals surface area contributed by atoms with Crippen LogP contribution < -0.4 is 5.32 Å². The Balaban J connectivity index is 1.67. The van der Waals surface area contributed by atoms with Crippen LogP contribution in [0.5, 0.6) is 0 Å². The van der Waals surface area contributed by atoms with Crippen molar-refractivity contribution in [1.82, 2.24) is 0 Å². The second-order valence-corrected chi connectivity index (χ2v) is 7.93. The number of hydrogen-bond donors (Lipinski definition) is 1. The summed E-state index contributed by atoms with van der Waals surface area (Å²) in [7, 11) is -1.27. The summed E-state index contributed by atoms with van der Waals surface area (Å²) in [4.78, 5) is 13.0. The van der Waals surface area contributed by atoms with E-state index in [9.17, 15) is 9.00 Å². The largest absolute Gasteiger partial charge is 0.455 e. The van der Waals surface area contributed by atoms with Gasteiger partial charge in [0, 0.05) is 15.6 Å². The van der Waals surface area contributed by atoms with E-state index in [1.54, 1.807) is 36.4 Å². The highest BCUT2D eigenvalue weighted by Crippen LogP contribution is 2.19. The Kier molecular flexibility index (Phi) is 5.59. The van der Waals surface area contributed by atoms with Crippen molar-refractivity contribution in [1.29, 1.82) is 0 Å². The minimum Gasteiger partial charge on any atom is -0.455 e. The first-order valence-electron chi connectivity index (χ1n) is 8.03. The number of halogens is 1. The molecule has 0 unspecified atom stereocenters. The Morgan fingerprint density at radius 1 is 1.04 bits per heavy atom. The zero-order chi connectivity index (χ0) is 18.7. The molecule has 0 aliphatic carbocycles. The monoisotopic (exact) mass is 387 g/mol. The number of hydrogen-bond acceptors (Lipinski definition) is 3. The van der Waals surface area contributed by atoms with Crippen LogP contribution in [0.15, 0.2) is 63.9 Å². The van der Waals surface area contributed by atoms with E-state index in [0.29, 0.717) is 15.7 Å². The molecule has 3 aromatic rings. The van der Waals surface area contributed by atoms with Gasteiger partial charge in [0.1, 0.15) is 5.76 Å². The van der Waals surface area contributed by atoms with Crippen LogP contribution in [0.25, 0.3) is 0 Å². The molecule has 1 aromatic heterocycles. The third-order valence-corrected chi connectivity index (χ3v) is 5.31. The molecule has 0 saturated heterocycles. The third kappa shape index (κ3) is 4.62. The molecule has 134 valence electrons. The van der Waals surface area contributed by atoms with Gasteiger partial charge in [0.2, 0.25) is 0 Å². The Bertz CT molecular complexity index is 943. The van der Waals surface area contributed by atoms with Gasteiger partial charge in [-0.2, -0.15) is 0 Å². The second-order valence-electron chi connectivity index (χ2n) is 6.04. The van der Waals surface area contributed by atoms with Gasteiger partial charge in [0.25, 0.3) is 5.91 Å². The SMILES string of the molecule is Cc1cc(C)cc(NC(=O)c2ccc(C[S@](=O)c3ccc(Cl)cc3)o2)c1. The molecule has 1 N–H and O–H groups in total. The molecule has 0 aliphatic heterocycles. The third-order valence-electron chi connectivity index (χ3n) is 3.71. The Morgan fingerprint density at radius 2 is 1.69 bits per heavy atom. The van der Waals surface area contributed by atoms with Gasteiger partial charge in [-0.15, -0.1) is 0 Å². The summed E-state index contributed by atoms with van der Waals surface area (Å²) in [5.41, 5.74) is 2.85. The van der Waals surface area contributed by atoms with Crippen LogP contribution in [0.1, 0.15) is 27.4 Å². The number of benzene rings is 2. The number of carbonyl (C=O) groups is 1. The van der Waals surface area contributed by atoms with Crippen molar-refractivity contribution in [3.05, 3.63) is 82.3 Å². The summed E-state index contributed by atoms with van der Waals surface area (Å²) >= 11 is 5.84. The van der Waals surface area contributed by atoms with Crippen molar-refractivity contribution in [3.63, 3.8) is 0 Å². The molecule has 26 heavy (non-hydrogen) atoms. The van der Waals surface area contributed by atoms with Crippen molar-refractivity contribution < 1.29 is 13.4 Å². The highest BCUT2D eigenvalue weighted by molar-refractivity contribution is 7.84. The Labute approximate surface area is 159 Å². The van der Waals surface area contributed by atoms with E-state index in [1.807, 2.05) is 32.0 Å². The lowest BCUT2D eigenvalue weighted by molar-refractivity contribution is 0.0995. The first-order valence-corrected chi connectivity index (χ1v) is 9.73. The molecule has 0 fully saturated rings. The van der Waals surface area contributed by atoms with Crippen molar-refractivity contribution in [2.75, 3.05) is 5.32 Å². The minimum absolute atomic E-state index is 0.187. The molecular formula is C20H18ClNO3S. The van der Waals surface area contributed by atoms with Gasteiger partial charge >= 0.3 is 0 Å². The van der Waals surface area contributed by atoms with E-state index in [2.05, 4.69) is 5.32 Å². The Hall–Kier alpha value is -2.37. The fraction of sp³-hybridized carbons (Fsp3) is 0.150. The number of aryl methyl sites for hydroxylation is 2. The van der Waals surface area contributed by atoms with Crippen molar-refractivity contribution in [2.45, 2.75) is 24.5 Å². The predicted octanol–water partition coefficient (Wildman–Crippen LogP) is 5.11. The first kappa shape index (κ1) is 18.4. The normalized spacial score (nSPS) is 12.0. The molecule has 0 saturated carbocycles. The maximum atomic E-state index is 12.4. The van der Waals surface area contributed by atoms with Crippen molar-refractivity contribution in [3.8, 4) is 0 Å². The average molecular weight is 388 g/mol. The molecule has 0 radical (unpaired) electrons. The van der Waals surface area contributed by atoms with E-state index < -0.39 is 10.8 Å². The lowest BCUT2D eigenvalue weighted by Crippen LogP contribution is -2.11. The topological polar surface area (TPSA) is 59.3 Å². The quantitative estimate of drug-likeness (QED) is 0.661. The van der Waals surface area contributed by atoms with E-state index >= 15 is 0 Å². The number of amides is 1. The minimum atomic E-state index is -1.27.